The van der Waals surface area contributed by atoms with E-state index >= 15 is 0 Å². The highest BCUT2D eigenvalue weighted by atomic mass is 32.2. The third-order valence-corrected chi connectivity index (χ3v) is 4.10. The van der Waals surface area contributed by atoms with Gasteiger partial charge in [0.15, 0.2) is 0 Å². The Hall–Kier alpha value is -0.130. The van der Waals surface area contributed by atoms with E-state index in [1.807, 2.05) is 6.92 Å². The molecule has 0 radical (unpaired) electrons. The zero-order chi connectivity index (χ0) is 9.19. The van der Waals surface area contributed by atoms with Crippen LogP contribution in [0.25, 0.3) is 0 Å². The Balaban J connectivity index is 2.48. The van der Waals surface area contributed by atoms with Crippen molar-refractivity contribution in [2.45, 2.75) is 19.4 Å². The normalized spacial score (nSPS) is 25.3. The topological polar surface area (TPSA) is 46.6 Å². The number of methoxy groups -OCH3 is 1. The van der Waals surface area contributed by atoms with Crippen LogP contribution < -0.4 is 0 Å². The number of nitrogens with zero attached hydrogens (tertiary/aromatic N) is 1. The van der Waals surface area contributed by atoms with Gasteiger partial charge in [-0.2, -0.15) is 4.31 Å². The van der Waals surface area contributed by atoms with Crippen molar-refractivity contribution in [3.63, 3.8) is 0 Å². The smallest absolute Gasteiger partial charge is 0.216 e. The minimum atomic E-state index is -3.03. The van der Waals surface area contributed by atoms with Crippen LogP contribution in [0.15, 0.2) is 0 Å². The number of ether oxygens (including phenoxy) is 1. The molecule has 0 saturated carbocycles. The first-order valence-corrected chi connectivity index (χ1v) is 5.67. The van der Waals surface area contributed by atoms with E-state index < -0.39 is 10.0 Å². The van der Waals surface area contributed by atoms with Crippen molar-refractivity contribution < 1.29 is 13.2 Å². The highest BCUT2D eigenvalue weighted by Gasteiger charge is 2.33. The van der Waals surface area contributed by atoms with Gasteiger partial charge in [0.1, 0.15) is 0 Å². The van der Waals surface area contributed by atoms with Gasteiger partial charge >= 0.3 is 0 Å². The molecule has 0 aromatic heterocycles. The summed E-state index contributed by atoms with van der Waals surface area (Å²) in [6, 6.07) is 0.187. The van der Waals surface area contributed by atoms with Crippen molar-refractivity contribution in [2.24, 2.45) is 0 Å². The third-order valence-electron chi connectivity index (χ3n) is 2.16. The van der Waals surface area contributed by atoms with Gasteiger partial charge < -0.3 is 4.74 Å². The first-order valence-electron chi connectivity index (χ1n) is 4.06. The molecule has 1 aliphatic rings. The van der Waals surface area contributed by atoms with E-state index in [1.54, 1.807) is 0 Å². The van der Waals surface area contributed by atoms with Crippen molar-refractivity contribution in [1.29, 1.82) is 0 Å². The molecule has 0 aromatic rings. The summed E-state index contributed by atoms with van der Waals surface area (Å²) in [4.78, 5) is 0. The van der Waals surface area contributed by atoms with Gasteiger partial charge in [-0.15, -0.1) is 0 Å². The average molecular weight is 193 g/mol. The Morgan fingerprint density at radius 2 is 2.25 bits per heavy atom. The third kappa shape index (κ3) is 1.97. The van der Waals surface area contributed by atoms with Crippen molar-refractivity contribution in [2.75, 3.05) is 26.0 Å². The Labute approximate surface area is 73.6 Å². The highest BCUT2D eigenvalue weighted by molar-refractivity contribution is 7.89. The molecule has 0 amide bonds. The maximum atomic E-state index is 11.4. The van der Waals surface area contributed by atoms with E-state index in [-0.39, 0.29) is 18.4 Å². The van der Waals surface area contributed by atoms with E-state index in [0.717, 1.165) is 6.42 Å². The summed E-state index contributed by atoms with van der Waals surface area (Å²) in [6.07, 6.45) is 0.978. The van der Waals surface area contributed by atoms with Crippen LogP contribution >= 0.6 is 0 Å². The molecule has 1 heterocycles. The summed E-state index contributed by atoms with van der Waals surface area (Å²) < 4.78 is 29.1. The van der Waals surface area contributed by atoms with E-state index in [2.05, 4.69) is 0 Å². The number of rotatable bonds is 4. The highest BCUT2D eigenvalue weighted by Crippen LogP contribution is 2.20. The molecule has 0 spiro atoms. The van der Waals surface area contributed by atoms with Gasteiger partial charge in [0, 0.05) is 19.7 Å². The van der Waals surface area contributed by atoms with Gasteiger partial charge in [0.2, 0.25) is 10.0 Å². The van der Waals surface area contributed by atoms with Crippen molar-refractivity contribution in [3.8, 4) is 0 Å². The van der Waals surface area contributed by atoms with Crippen LogP contribution in [-0.4, -0.2) is 44.8 Å². The van der Waals surface area contributed by atoms with E-state index in [0.29, 0.717) is 6.54 Å². The van der Waals surface area contributed by atoms with Gasteiger partial charge in [-0.3, -0.25) is 0 Å². The maximum Gasteiger partial charge on any atom is 0.216 e. The zero-order valence-corrected chi connectivity index (χ0v) is 8.30. The average Bonchev–Trinajstić information content (AvgIpc) is 1.97. The van der Waals surface area contributed by atoms with Crippen molar-refractivity contribution in [3.05, 3.63) is 0 Å². The predicted molar refractivity (Wildman–Crippen MR) is 46.4 cm³/mol. The second kappa shape index (κ2) is 3.72. The summed E-state index contributed by atoms with van der Waals surface area (Å²) >= 11 is 0. The number of hydrogen-bond donors (Lipinski definition) is 0. The standard InChI is InChI=1S/C7H15NO3S/c1-7-3-4-8(7)12(9,10)6-5-11-2/h7H,3-6H2,1-2H3. The Kier molecular flexibility index (Phi) is 3.09. The van der Waals surface area contributed by atoms with Crippen LogP contribution in [0.1, 0.15) is 13.3 Å². The number of sulfonamides is 1. The summed E-state index contributed by atoms with van der Waals surface area (Å²) in [7, 11) is -1.52. The molecule has 12 heavy (non-hydrogen) atoms. The lowest BCUT2D eigenvalue weighted by Crippen LogP contribution is -2.50. The Morgan fingerprint density at radius 3 is 2.58 bits per heavy atom. The summed E-state index contributed by atoms with van der Waals surface area (Å²) in [5, 5.41) is 0. The molecular formula is C7H15NO3S. The molecule has 1 unspecified atom stereocenters. The van der Waals surface area contributed by atoms with Gasteiger partial charge in [-0.1, -0.05) is 0 Å². The van der Waals surface area contributed by atoms with Gasteiger partial charge in [0.05, 0.1) is 12.4 Å². The molecule has 0 aliphatic carbocycles. The molecule has 4 nitrogen and oxygen atoms in total. The first-order chi connectivity index (χ1) is 5.58. The van der Waals surface area contributed by atoms with Crippen LogP contribution in [0.4, 0.5) is 0 Å². The van der Waals surface area contributed by atoms with E-state index in [4.69, 9.17) is 4.74 Å². The van der Waals surface area contributed by atoms with Crippen LogP contribution in [0, 0.1) is 0 Å². The Bertz CT molecular complexity index is 237. The second-order valence-corrected chi connectivity index (χ2v) is 5.10. The lowest BCUT2D eigenvalue weighted by Gasteiger charge is -2.37. The molecule has 1 atom stereocenters. The summed E-state index contributed by atoms with van der Waals surface area (Å²) in [5.41, 5.74) is 0. The molecule has 1 aliphatic heterocycles. The largest absolute Gasteiger partial charge is 0.384 e. The zero-order valence-electron chi connectivity index (χ0n) is 7.49. The summed E-state index contributed by atoms with van der Waals surface area (Å²) in [6.45, 7) is 2.88. The molecule has 1 saturated heterocycles. The fraction of sp³-hybridized carbons (Fsp3) is 1.00. The van der Waals surface area contributed by atoms with E-state index in [9.17, 15) is 8.42 Å². The molecular weight excluding hydrogens is 178 g/mol. The fourth-order valence-corrected chi connectivity index (χ4v) is 2.86. The van der Waals surface area contributed by atoms with Crippen molar-refractivity contribution in [1.82, 2.24) is 4.31 Å². The molecule has 1 rings (SSSR count). The van der Waals surface area contributed by atoms with E-state index in [1.165, 1.54) is 11.4 Å². The van der Waals surface area contributed by atoms with Crippen LogP contribution in [-0.2, 0) is 14.8 Å². The molecule has 0 aromatic carbocycles. The Morgan fingerprint density at radius 1 is 1.58 bits per heavy atom. The first kappa shape index (κ1) is 9.95. The molecule has 0 N–H and O–H groups in total. The van der Waals surface area contributed by atoms with Crippen molar-refractivity contribution >= 4 is 10.0 Å². The quantitative estimate of drug-likeness (QED) is 0.634. The molecule has 1 fully saturated rings. The van der Waals surface area contributed by atoms with Gasteiger partial charge in [-0.05, 0) is 13.3 Å². The molecule has 0 bridgehead atoms. The predicted octanol–water partition coefficient (Wildman–Crippen LogP) is 0.0568. The summed E-state index contributed by atoms with van der Waals surface area (Å²) in [5.74, 6) is 0.105. The minimum absolute atomic E-state index is 0.105. The fourth-order valence-electron chi connectivity index (χ4n) is 1.21. The molecule has 72 valence electrons. The maximum absolute atomic E-state index is 11.4. The number of hydrogen-bond acceptors (Lipinski definition) is 3. The molecule has 5 heteroatoms. The lowest BCUT2D eigenvalue weighted by molar-refractivity contribution is 0.199. The van der Waals surface area contributed by atoms with Crippen LogP contribution in [0.2, 0.25) is 0 Å². The monoisotopic (exact) mass is 193 g/mol. The lowest BCUT2D eigenvalue weighted by atomic mass is 10.1. The van der Waals surface area contributed by atoms with Crippen LogP contribution in [0.3, 0.4) is 0 Å². The minimum Gasteiger partial charge on any atom is -0.384 e. The SMILES string of the molecule is COCCS(=O)(=O)N1CCC1C. The second-order valence-electron chi connectivity index (χ2n) is 3.06. The van der Waals surface area contributed by atoms with Gasteiger partial charge in [-0.25, -0.2) is 8.42 Å². The van der Waals surface area contributed by atoms with Crippen LogP contribution in [0.5, 0.6) is 0 Å². The van der Waals surface area contributed by atoms with Gasteiger partial charge in [0.25, 0.3) is 0 Å².